The quantitative estimate of drug-likeness (QED) is 0.782. The number of rotatable bonds is 7. The Balaban J connectivity index is 2.71. The van der Waals surface area contributed by atoms with Gasteiger partial charge < -0.3 is 19.7 Å². The summed E-state index contributed by atoms with van der Waals surface area (Å²) >= 11 is 11.6. The first-order valence-corrected chi connectivity index (χ1v) is 7.17. The number of thiocarbonyl (C=S) groups is 1. The van der Waals surface area contributed by atoms with Crippen LogP contribution in [0.2, 0.25) is 5.02 Å². The fourth-order valence-corrected chi connectivity index (χ4v) is 2.12. The number of nitrogens with one attached hydrogen (secondary N) is 1. The van der Waals surface area contributed by atoms with Crippen molar-refractivity contribution in [2.45, 2.75) is 6.92 Å². The predicted molar refractivity (Wildman–Crippen MR) is 87.7 cm³/mol. The molecule has 0 bridgehead atoms. The molecule has 20 heavy (non-hydrogen) atoms. The number of benzene rings is 1. The van der Waals surface area contributed by atoms with Crippen LogP contribution >= 0.6 is 23.8 Å². The van der Waals surface area contributed by atoms with Gasteiger partial charge in [-0.25, -0.2) is 0 Å². The Hall–Kier alpha value is -0.880. The van der Waals surface area contributed by atoms with Gasteiger partial charge in [-0.3, -0.25) is 0 Å². The molecule has 0 aliphatic carbocycles. The largest absolute Gasteiger partial charge is 0.383 e. The summed E-state index contributed by atoms with van der Waals surface area (Å²) in [5.41, 5.74) is 1.90. The van der Waals surface area contributed by atoms with Crippen LogP contribution in [0.3, 0.4) is 0 Å². The Morgan fingerprint density at radius 3 is 2.40 bits per heavy atom. The lowest BCUT2D eigenvalue weighted by Gasteiger charge is -2.26. The molecule has 0 aliphatic heterocycles. The number of hydrogen-bond acceptors (Lipinski definition) is 3. The van der Waals surface area contributed by atoms with Crippen LogP contribution < -0.4 is 5.32 Å². The molecule has 0 radical (unpaired) electrons. The van der Waals surface area contributed by atoms with Gasteiger partial charge in [-0.05, 0) is 36.8 Å². The van der Waals surface area contributed by atoms with E-state index in [9.17, 15) is 0 Å². The number of halogens is 1. The number of anilines is 1. The van der Waals surface area contributed by atoms with Crippen LogP contribution in [-0.4, -0.2) is 50.5 Å². The molecule has 0 heterocycles. The lowest BCUT2D eigenvalue weighted by molar-refractivity contribution is 0.147. The zero-order valence-corrected chi connectivity index (χ0v) is 13.7. The number of nitrogens with zero attached hydrogens (tertiary/aromatic N) is 1. The minimum absolute atomic E-state index is 0.611. The molecule has 1 rings (SSSR count). The number of ether oxygens (including phenoxy) is 2. The monoisotopic (exact) mass is 316 g/mol. The second kappa shape index (κ2) is 9.13. The maximum atomic E-state index is 6.11. The van der Waals surface area contributed by atoms with Crippen molar-refractivity contribution in [3.8, 4) is 0 Å². The van der Waals surface area contributed by atoms with Gasteiger partial charge in [0.15, 0.2) is 5.11 Å². The molecule has 6 heteroatoms. The molecule has 0 saturated carbocycles. The van der Waals surface area contributed by atoms with Gasteiger partial charge in [0.2, 0.25) is 0 Å². The molecular weight excluding hydrogens is 296 g/mol. The van der Waals surface area contributed by atoms with E-state index in [2.05, 4.69) is 5.32 Å². The molecule has 112 valence electrons. The summed E-state index contributed by atoms with van der Waals surface area (Å²) in [7, 11) is 3.35. The minimum Gasteiger partial charge on any atom is -0.383 e. The molecule has 0 aliphatic rings. The lowest BCUT2D eigenvalue weighted by atomic mass is 10.2. The van der Waals surface area contributed by atoms with E-state index in [0.29, 0.717) is 31.4 Å². The van der Waals surface area contributed by atoms with Gasteiger partial charge >= 0.3 is 0 Å². The summed E-state index contributed by atoms with van der Waals surface area (Å²) in [6.07, 6.45) is 0. The van der Waals surface area contributed by atoms with Gasteiger partial charge in [0.05, 0.1) is 13.2 Å². The van der Waals surface area contributed by atoms with E-state index in [1.165, 1.54) is 0 Å². The van der Waals surface area contributed by atoms with E-state index in [-0.39, 0.29) is 0 Å². The fourth-order valence-electron chi connectivity index (χ4n) is 1.66. The normalized spacial score (nSPS) is 10.4. The Morgan fingerprint density at radius 1 is 1.25 bits per heavy atom. The molecular formula is C14H21ClN2O2S. The summed E-state index contributed by atoms with van der Waals surface area (Å²) in [4.78, 5) is 2.02. The highest BCUT2D eigenvalue weighted by Gasteiger charge is 2.11. The molecule has 1 aromatic rings. The Kier molecular flexibility index (Phi) is 7.84. The summed E-state index contributed by atoms with van der Waals surface area (Å²) in [5.74, 6) is 0. The summed E-state index contributed by atoms with van der Waals surface area (Å²) in [6.45, 7) is 4.61. The first kappa shape index (κ1) is 17.2. The molecule has 0 amide bonds. The van der Waals surface area contributed by atoms with E-state index >= 15 is 0 Å². The van der Waals surface area contributed by atoms with Crippen molar-refractivity contribution in [2.24, 2.45) is 0 Å². The molecule has 1 aromatic carbocycles. The average Bonchev–Trinajstić information content (AvgIpc) is 2.44. The Labute approximate surface area is 131 Å². The third-order valence-electron chi connectivity index (χ3n) is 2.93. The summed E-state index contributed by atoms with van der Waals surface area (Å²) in [6, 6.07) is 5.71. The lowest BCUT2D eigenvalue weighted by Crippen LogP contribution is -2.39. The molecule has 1 N–H and O–H groups in total. The van der Waals surface area contributed by atoms with Crippen molar-refractivity contribution >= 4 is 34.6 Å². The third-order valence-corrected chi connectivity index (χ3v) is 3.70. The van der Waals surface area contributed by atoms with Crippen LogP contribution in [0.25, 0.3) is 0 Å². The molecule has 0 aromatic heterocycles. The first-order chi connectivity index (χ1) is 9.60. The smallest absolute Gasteiger partial charge is 0.173 e. The van der Waals surface area contributed by atoms with Gasteiger partial charge in [-0.15, -0.1) is 0 Å². The van der Waals surface area contributed by atoms with Crippen molar-refractivity contribution in [2.75, 3.05) is 45.8 Å². The molecule has 0 spiro atoms. The SMILES string of the molecule is COCCN(CCOC)C(=S)Nc1cccc(Cl)c1C. The molecule has 4 nitrogen and oxygen atoms in total. The second-order valence-corrected chi connectivity index (χ2v) is 5.11. The van der Waals surface area contributed by atoms with E-state index in [1.54, 1.807) is 14.2 Å². The number of methoxy groups -OCH3 is 2. The topological polar surface area (TPSA) is 33.7 Å². The van der Waals surface area contributed by atoms with E-state index in [1.807, 2.05) is 30.0 Å². The molecule has 0 fully saturated rings. The van der Waals surface area contributed by atoms with E-state index in [0.717, 1.165) is 16.3 Å². The standard InChI is InChI=1S/C14H21ClN2O2S/c1-11-12(15)5-4-6-13(11)16-14(20)17(7-9-18-2)8-10-19-3/h4-6H,7-10H2,1-3H3,(H,16,20). The predicted octanol–water partition coefficient (Wildman–Crippen LogP) is 2.94. The zero-order chi connectivity index (χ0) is 15.0. The van der Waals surface area contributed by atoms with Crippen LogP contribution in [0.4, 0.5) is 5.69 Å². The molecule has 0 saturated heterocycles. The first-order valence-electron chi connectivity index (χ1n) is 6.39. The van der Waals surface area contributed by atoms with Crippen molar-refractivity contribution < 1.29 is 9.47 Å². The van der Waals surface area contributed by atoms with Crippen molar-refractivity contribution in [1.82, 2.24) is 4.90 Å². The van der Waals surface area contributed by atoms with Gasteiger partial charge in [-0.2, -0.15) is 0 Å². The fraction of sp³-hybridized carbons (Fsp3) is 0.500. The zero-order valence-electron chi connectivity index (χ0n) is 12.1. The summed E-state index contributed by atoms with van der Waals surface area (Å²) in [5, 5.41) is 4.59. The maximum absolute atomic E-state index is 6.11. The minimum atomic E-state index is 0.611. The highest BCUT2D eigenvalue weighted by atomic mass is 35.5. The third kappa shape index (κ3) is 5.25. The summed E-state index contributed by atoms with van der Waals surface area (Å²) < 4.78 is 10.2. The van der Waals surface area contributed by atoms with Gasteiger partial charge in [0.1, 0.15) is 0 Å². The highest BCUT2D eigenvalue weighted by molar-refractivity contribution is 7.80. The van der Waals surface area contributed by atoms with Gasteiger partial charge in [-0.1, -0.05) is 17.7 Å². The van der Waals surface area contributed by atoms with Crippen molar-refractivity contribution in [1.29, 1.82) is 0 Å². The molecule has 0 atom stereocenters. The van der Waals surface area contributed by atoms with Crippen LogP contribution in [-0.2, 0) is 9.47 Å². The average molecular weight is 317 g/mol. The number of hydrogen-bond donors (Lipinski definition) is 1. The van der Waals surface area contributed by atoms with E-state index < -0.39 is 0 Å². The maximum Gasteiger partial charge on any atom is 0.173 e. The van der Waals surface area contributed by atoms with Crippen LogP contribution in [0.1, 0.15) is 5.56 Å². The van der Waals surface area contributed by atoms with Crippen LogP contribution in [0, 0.1) is 6.92 Å². The Bertz CT molecular complexity index is 435. The van der Waals surface area contributed by atoms with Crippen LogP contribution in [0.15, 0.2) is 18.2 Å². The van der Waals surface area contributed by atoms with Gasteiger partial charge in [0.25, 0.3) is 0 Å². The second-order valence-electron chi connectivity index (χ2n) is 4.32. The van der Waals surface area contributed by atoms with Crippen molar-refractivity contribution in [3.63, 3.8) is 0 Å². The van der Waals surface area contributed by atoms with Gasteiger partial charge in [0, 0.05) is 38.0 Å². The van der Waals surface area contributed by atoms with E-state index in [4.69, 9.17) is 33.3 Å². The molecule has 0 unspecified atom stereocenters. The Morgan fingerprint density at radius 2 is 1.85 bits per heavy atom. The van der Waals surface area contributed by atoms with Crippen LogP contribution in [0.5, 0.6) is 0 Å². The highest BCUT2D eigenvalue weighted by Crippen LogP contribution is 2.23. The van der Waals surface area contributed by atoms with Crippen molar-refractivity contribution in [3.05, 3.63) is 28.8 Å².